The van der Waals surface area contributed by atoms with Crippen LogP contribution in [-0.4, -0.2) is 31.8 Å². The molecule has 25 heavy (non-hydrogen) atoms. The maximum atomic E-state index is 12.2. The van der Waals surface area contributed by atoms with Crippen molar-refractivity contribution in [1.82, 2.24) is 0 Å². The fourth-order valence-corrected chi connectivity index (χ4v) is 2.79. The summed E-state index contributed by atoms with van der Waals surface area (Å²) in [5.74, 6) is -0.557. The van der Waals surface area contributed by atoms with Gasteiger partial charge in [-0.05, 0) is 49.4 Å². The lowest BCUT2D eigenvalue weighted by Crippen LogP contribution is -2.22. The van der Waals surface area contributed by atoms with Gasteiger partial charge in [0.2, 0.25) is 0 Å². The van der Waals surface area contributed by atoms with Crippen LogP contribution in [0.5, 0.6) is 5.75 Å². The molecule has 1 N–H and O–H groups in total. The fourth-order valence-electron chi connectivity index (χ4n) is 2.36. The predicted octanol–water partition coefficient (Wildman–Crippen LogP) is 3.83. The van der Waals surface area contributed by atoms with Gasteiger partial charge in [-0.15, -0.1) is 11.8 Å². The number of carbonyl (C=O) groups is 2. The van der Waals surface area contributed by atoms with Gasteiger partial charge in [0, 0.05) is 10.6 Å². The highest BCUT2D eigenvalue weighted by Crippen LogP contribution is 2.26. The molecule has 0 aliphatic carbocycles. The topological polar surface area (TPSA) is 64.6 Å². The Balaban J connectivity index is 2.01. The second kappa shape index (κ2) is 8.58. The summed E-state index contributed by atoms with van der Waals surface area (Å²) < 4.78 is 10.3. The number of carbonyl (C=O) groups excluding carboxylic acids is 2. The van der Waals surface area contributed by atoms with E-state index < -0.39 is 5.97 Å². The van der Waals surface area contributed by atoms with Crippen LogP contribution in [0.1, 0.15) is 21.5 Å². The Labute approximate surface area is 151 Å². The molecule has 0 atom stereocenters. The third-order valence-electron chi connectivity index (χ3n) is 3.71. The highest BCUT2D eigenvalue weighted by Gasteiger charge is 2.16. The fraction of sp³-hybridized carbons (Fsp3) is 0.263. The number of amides is 1. The van der Waals surface area contributed by atoms with Crippen molar-refractivity contribution >= 4 is 29.3 Å². The predicted molar refractivity (Wildman–Crippen MR) is 99.6 cm³/mol. The molecule has 0 unspecified atom stereocenters. The zero-order chi connectivity index (χ0) is 18.4. The highest BCUT2D eigenvalue weighted by atomic mass is 32.2. The second-order valence-electron chi connectivity index (χ2n) is 5.46. The van der Waals surface area contributed by atoms with Gasteiger partial charge in [-0.2, -0.15) is 0 Å². The Kier molecular flexibility index (Phi) is 6.47. The van der Waals surface area contributed by atoms with Crippen LogP contribution < -0.4 is 10.1 Å². The number of hydrogen-bond donors (Lipinski definition) is 1. The van der Waals surface area contributed by atoms with E-state index in [1.54, 1.807) is 30.0 Å². The number of hydrogen-bond acceptors (Lipinski definition) is 5. The van der Waals surface area contributed by atoms with E-state index in [1.807, 2.05) is 38.3 Å². The number of methoxy groups -OCH3 is 1. The lowest BCUT2D eigenvalue weighted by Gasteiger charge is -2.12. The first-order valence-corrected chi connectivity index (χ1v) is 8.94. The molecule has 0 radical (unpaired) electrons. The number of aryl methyl sites for hydroxylation is 2. The van der Waals surface area contributed by atoms with Gasteiger partial charge >= 0.3 is 5.97 Å². The van der Waals surface area contributed by atoms with E-state index in [9.17, 15) is 9.59 Å². The van der Waals surface area contributed by atoms with Gasteiger partial charge in [-0.3, -0.25) is 4.79 Å². The first-order chi connectivity index (χ1) is 12.0. The van der Waals surface area contributed by atoms with Gasteiger partial charge in [0.05, 0.1) is 7.11 Å². The maximum absolute atomic E-state index is 12.2. The van der Waals surface area contributed by atoms with Gasteiger partial charge in [-0.1, -0.05) is 18.2 Å². The van der Waals surface area contributed by atoms with E-state index >= 15 is 0 Å². The van der Waals surface area contributed by atoms with E-state index in [-0.39, 0.29) is 12.5 Å². The summed E-state index contributed by atoms with van der Waals surface area (Å²) >= 11 is 1.54. The molecule has 0 fully saturated rings. The van der Waals surface area contributed by atoms with Gasteiger partial charge in [0.25, 0.3) is 5.91 Å². The Bertz CT molecular complexity index is 769. The molecule has 6 heteroatoms. The summed E-state index contributed by atoms with van der Waals surface area (Å²) in [6.45, 7) is 3.46. The van der Waals surface area contributed by atoms with Crippen molar-refractivity contribution < 1.29 is 19.1 Å². The first-order valence-electron chi connectivity index (χ1n) is 7.71. The molecule has 0 spiro atoms. The highest BCUT2D eigenvalue weighted by molar-refractivity contribution is 7.98. The standard InChI is InChI=1S/C19H21NO4S/c1-12-6-5-7-13(2)18(12)20-17(21)11-24-19(22)15-9-8-14(25-4)10-16(15)23-3/h5-10H,11H2,1-4H3,(H,20,21). The van der Waals surface area contributed by atoms with Crippen LogP contribution in [0.3, 0.4) is 0 Å². The molecule has 0 saturated carbocycles. The molecule has 0 aliphatic heterocycles. The number of ether oxygens (including phenoxy) is 2. The molecule has 5 nitrogen and oxygen atoms in total. The number of esters is 1. The third-order valence-corrected chi connectivity index (χ3v) is 4.43. The molecular weight excluding hydrogens is 338 g/mol. The Morgan fingerprint density at radius 2 is 1.80 bits per heavy atom. The summed E-state index contributed by atoms with van der Waals surface area (Å²) in [5.41, 5.74) is 2.94. The van der Waals surface area contributed by atoms with Crippen LogP contribution >= 0.6 is 11.8 Å². The number of anilines is 1. The Morgan fingerprint density at radius 3 is 2.40 bits per heavy atom. The first kappa shape index (κ1) is 18.9. The molecule has 2 aromatic carbocycles. The summed E-state index contributed by atoms with van der Waals surface area (Å²) in [4.78, 5) is 25.3. The molecule has 2 rings (SSSR count). The van der Waals surface area contributed by atoms with Gasteiger partial charge in [-0.25, -0.2) is 4.79 Å². The zero-order valence-corrected chi connectivity index (χ0v) is 15.5. The molecule has 0 aromatic heterocycles. The molecule has 0 bridgehead atoms. The van der Waals surface area contributed by atoms with Crippen molar-refractivity contribution in [3.8, 4) is 5.75 Å². The largest absolute Gasteiger partial charge is 0.496 e. The lowest BCUT2D eigenvalue weighted by atomic mass is 10.1. The summed E-state index contributed by atoms with van der Waals surface area (Å²) in [7, 11) is 1.49. The SMILES string of the molecule is COc1cc(SC)ccc1C(=O)OCC(=O)Nc1c(C)cccc1C. The molecule has 0 aliphatic rings. The summed E-state index contributed by atoms with van der Waals surface area (Å²) in [6.07, 6.45) is 1.94. The summed E-state index contributed by atoms with van der Waals surface area (Å²) in [5, 5.41) is 2.78. The van der Waals surface area contributed by atoms with Crippen molar-refractivity contribution in [2.45, 2.75) is 18.7 Å². The average Bonchev–Trinajstić information content (AvgIpc) is 2.62. The molecule has 1 amide bonds. The number of para-hydroxylation sites is 1. The van der Waals surface area contributed by atoms with E-state index in [4.69, 9.17) is 9.47 Å². The van der Waals surface area contributed by atoms with Gasteiger partial charge in [0.1, 0.15) is 11.3 Å². The quantitative estimate of drug-likeness (QED) is 0.627. The number of nitrogens with one attached hydrogen (secondary N) is 1. The van der Waals surface area contributed by atoms with E-state index in [0.717, 1.165) is 21.7 Å². The van der Waals surface area contributed by atoms with Crippen LogP contribution in [0, 0.1) is 13.8 Å². The van der Waals surface area contributed by atoms with Crippen LogP contribution in [0.4, 0.5) is 5.69 Å². The van der Waals surface area contributed by atoms with Crippen molar-refractivity contribution in [2.75, 3.05) is 25.3 Å². The van der Waals surface area contributed by atoms with E-state index in [2.05, 4.69) is 5.32 Å². The minimum absolute atomic E-state index is 0.292. The molecule has 0 heterocycles. The smallest absolute Gasteiger partial charge is 0.342 e. The van der Waals surface area contributed by atoms with Gasteiger partial charge in [0.15, 0.2) is 6.61 Å². The number of rotatable bonds is 6. The maximum Gasteiger partial charge on any atom is 0.342 e. The van der Waals surface area contributed by atoms with E-state index in [1.165, 1.54) is 7.11 Å². The van der Waals surface area contributed by atoms with Crippen molar-refractivity contribution in [2.24, 2.45) is 0 Å². The zero-order valence-electron chi connectivity index (χ0n) is 14.7. The van der Waals surface area contributed by atoms with Crippen molar-refractivity contribution in [1.29, 1.82) is 0 Å². The Morgan fingerprint density at radius 1 is 1.12 bits per heavy atom. The molecule has 132 valence electrons. The Hall–Kier alpha value is -2.47. The monoisotopic (exact) mass is 359 g/mol. The van der Waals surface area contributed by atoms with Crippen LogP contribution in [0.2, 0.25) is 0 Å². The third kappa shape index (κ3) is 4.76. The molecular formula is C19H21NO4S. The average molecular weight is 359 g/mol. The minimum atomic E-state index is -0.596. The van der Waals surface area contributed by atoms with Crippen molar-refractivity contribution in [3.05, 3.63) is 53.1 Å². The number of benzene rings is 2. The second-order valence-corrected chi connectivity index (χ2v) is 6.34. The van der Waals surface area contributed by atoms with E-state index in [0.29, 0.717) is 11.3 Å². The normalized spacial score (nSPS) is 10.2. The summed E-state index contributed by atoms with van der Waals surface area (Å²) in [6, 6.07) is 10.9. The minimum Gasteiger partial charge on any atom is -0.496 e. The number of thioether (sulfide) groups is 1. The van der Waals surface area contributed by atoms with Crippen molar-refractivity contribution in [3.63, 3.8) is 0 Å². The van der Waals surface area contributed by atoms with Crippen LogP contribution in [-0.2, 0) is 9.53 Å². The van der Waals surface area contributed by atoms with Crippen LogP contribution in [0.15, 0.2) is 41.3 Å². The van der Waals surface area contributed by atoms with Gasteiger partial charge < -0.3 is 14.8 Å². The molecule has 2 aromatic rings. The van der Waals surface area contributed by atoms with Crippen LogP contribution in [0.25, 0.3) is 0 Å². The lowest BCUT2D eigenvalue weighted by molar-refractivity contribution is -0.119. The molecule has 0 saturated heterocycles.